The van der Waals surface area contributed by atoms with Gasteiger partial charge in [-0.3, -0.25) is 4.79 Å². The lowest BCUT2D eigenvalue weighted by atomic mass is 9.95. The van der Waals surface area contributed by atoms with Gasteiger partial charge in [-0.25, -0.2) is 10.0 Å². The molecule has 3 heteroatoms. The van der Waals surface area contributed by atoms with E-state index in [1.165, 1.54) is 36.8 Å². The van der Waals surface area contributed by atoms with Crippen LogP contribution in [-0.4, -0.2) is 22.5 Å². The molecule has 2 heterocycles. The molecule has 1 fully saturated rings. The molecule has 21 heavy (non-hydrogen) atoms. The Bertz CT molecular complexity index is 523. The van der Waals surface area contributed by atoms with Crippen LogP contribution in [0.2, 0.25) is 0 Å². The molecule has 1 amide bonds. The number of hydrazine groups is 1. The Hall–Kier alpha value is -1.61. The van der Waals surface area contributed by atoms with E-state index in [0.29, 0.717) is 6.42 Å². The van der Waals surface area contributed by atoms with Gasteiger partial charge in [-0.1, -0.05) is 56.5 Å². The molecule has 0 bridgehead atoms. The molecule has 0 spiro atoms. The number of benzene rings is 1. The summed E-state index contributed by atoms with van der Waals surface area (Å²) >= 11 is 0. The molecule has 0 aromatic heterocycles. The third-order valence-electron chi connectivity index (χ3n) is 4.46. The monoisotopic (exact) mass is 284 g/mol. The van der Waals surface area contributed by atoms with E-state index < -0.39 is 0 Å². The maximum absolute atomic E-state index is 12.0. The summed E-state index contributed by atoms with van der Waals surface area (Å²) in [6, 6.07) is 10.8. The van der Waals surface area contributed by atoms with Gasteiger partial charge in [0.05, 0.1) is 6.04 Å². The molecule has 0 N–H and O–H groups in total. The van der Waals surface area contributed by atoms with E-state index in [1.807, 2.05) is 5.01 Å². The summed E-state index contributed by atoms with van der Waals surface area (Å²) in [4.78, 5) is 12.0. The predicted octanol–water partition coefficient (Wildman–Crippen LogP) is 4.04. The van der Waals surface area contributed by atoms with Gasteiger partial charge in [0.2, 0.25) is 5.91 Å². The molecule has 3 nitrogen and oxygen atoms in total. The first-order valence-electron chi connectivity index (χ1n) is 8.15. The standard InChI is InChI=1S/C18H24N2O/c1-2-3-4-6-11-16-14-20-17(21)12-13-19(20)18(16)15-9-7-5-8-10-15/h5,7-10,14,18H,2-4,6,11-13H2,1H3/t18-/m1/s1. The number of amides is 1. The first kappa shape index (κ1) is 14.3. The summed E-state index contributed by atoms with van der Waals surface area (Å²) in [5.74, 6) is 0.236. The van der Waals surface area contributed by atoms with Crippen LogP contribution >= 0.6 is 0 Å². The summed E-state index contributed by atoms with van der Waals surface area (Å²) in [7, 11) is 0. The van der Waals surface area contributed by atoms with E-state index in [9.17, 15) is 4.79 Å². The predicted molar refractivity (Wildman–Crippen MR) is 84.2 cm³/mol. The van der Waals surface area contributed by atoms with Crippen LogP contribution in [0.1, 0.15) is 57.1 Å². The number of unbranched alkanes of at least 4 members (excludes halogenated alkanes) is 3. The Kier molecular flexibility index (Phi) is 4.39. The molecule has 0 saturated carbocycles. The number of hydrogen-bond donors (Lipinski definition) is 0. The molecule has 1 aromatic carbocycles. The number of fused-ring (bicyclic) bond motifs is 1. The Morgan fingerprint density at radius 2 is 1.95 bits per heavy atom. The van der Waals surface area contributed by atoms with Gasteiger partial charge in [-0.15, -0.1) is 0 Å². The minimum atomic E-state index is 0.236. The average molecular weight is 284 g/mol. The van der Waals surface area contributed by atoms with Crippen LogP contribution in [0.15, 0.2) is 42.1 Å². The number of carbonyl (C=O) groups excluding carboxylic acids is 1. The van der Waals surface area contributed by atoms with Gasteiger partial charge in [0.1, 0.15) is 0 Å². The number of nitrogens with zero attached hydrogens (tertiary/aromatic N) is 2. The minimum Gasteiger partial charge on any atom is -0.273 e. The van der Waals surface area contributed by atoms with Crippen molar-refractivity contribution in [3.05, 3.63) is 47.7 Å². The summed E-state index contributed by atoms with van der Waals surface area (Å²) in [5.41, 5.74) is 2.70. The van der Waals surface area contributed by atoms with Crippen molar-refractivity contribution in [1.82, 2.24) is 10.0 Å². The highest BCUT2D eigenvalue weighted by Crippen LogP contribution is 2.40. The van der Waals surface area contributed by atoms with Crippen LogP contribution in [0.5, 0.6) is 0 Å². The largest absolute Gasteiger partial charge is 0.273 e. The molecule has 1 saturated heterocycles. The van der Waals surface area contributed by atoms with E-state index >= 15 is 0 Å². The van der Waals surface area contributed by atoms with Crippen LogP contribution in [0.3, 0.4) is 0 Å². The molecule has 0 unspecified atom stereocenters. The highest BCUT2D eigenvalue weighted by Gasteiger charge is 2.40. The smallest absolute Gasteiger partial charge is 0.242 e. The van der Waals surface area contributed by atoms with E-state index in [2.05, 4.69) is 48.5 Å². The fourth-order valence-electron chi connectivity index (χ4n) is 3.37. The second-order valence-corrected chi connectivity index (χ2v) is 5.98. The lowest BCUT2D eigenvalue weighted by molar-refractivity contribution is -0.132. The Balaban J connectivity index is 1.77. The molecule has 2 aliphatic heterocycles. The van der Waals surface area contributed by atoms with Gasteiger partial charge in [0, 0.05) is 19.2 Å². The zero-order valence-corrected chi connectivity index (χ0v) is 12.8. The van der Waals surface area contributed by atoms with Crippen LogP contribution in [0.25, 0.3) is 0 Å². The quantitative estimate of drug-likeness (QED) is 0.736. The van der Waals surface area contributed by atoms with Gasteiger partial charge in [0.25, 0.3) is 0 Å². The first-order valence-corrected chi connectivity index (χ1v) is 8.15. The van der Waals surface area contributed by atoms with Crippen molar-refractivity contribution in [3.63, 3.8) is 0 Å². The third-order valence-corrected chi connectivity index (χ3v) is 4.46. The minimum absolute atomic E-state index is 0.236. The zero-order chi connectivity index (χ0) is 14.7. The zero-order valence-electron chi connectivity index (χ0n) is 12.8. The van der Waals surface area contributed by atoms with Gasteiger partial charge >= 0.3 is 0 Å². The molecule has 112 valence electrons. The van der Waals surface area contributed by atoms with Crippen LogP contribution in [-0.2, 0) is 4.79 Å². The Labute approximate surface area is 127 Å². The van der Waals surface area contributed by atoms with Crippen molar-refractivity contribution in [3.8, 4) is 0 Å². The fourth-order valence-corrected chi connectivity index (χ4v) is 3.37. The van der Waals surface area contributed by atoms with Crippen molar-refractivity contribution in [1.29, 1.82) is 0 Å². The van der Waals surface area contributed by atoms with E-state index in [0.717, 1.165) is 13.0 Å². The van der Waals surface area contributed by atoms with E-state index in [-0.39, 0.29) is 11.9 Å². The summed E-state index contributed by atoms with van der Waals surface area (Å²) in [6.07, 6.45) is 8.90. The molecule has 0 aliphatic carbocycles. The maximum atomic E-state index is 12.0. The lowest BCUT2D eigenvalue weighted by Crippen LogP contribution is -2.32. The van der Waals surface area contributed by atoms with Crippen LogP contribution in [0, 0.1) is 0 Å². The normalized spacial score (nSPS) is 21.8. The van der Waals surface area contributed by atoms with Crippen molar-refractivity contribution >= 4 is 5.91 Å². The van der Waals surface area contributed by atoms with Gasteiger partial charge in [-0.2, -0.15) is 0 Å². The number of rotatable bonds is 6. The number of hydrogen-bond acceptors (Lipinski definition) is 2. The molecular weight excluding hydrogens is 260 g/mol. The number of carbonyl (C=O) groups is 1. The molecule has 2 aliphatic rings. The van der Waals surface area contributed by atoms with E-state index in [1.54, 1.807) is 0 Å². The SMILES string of the molecule is CCCCCCC1=CN2C(=O)CCN2[C@@H]1c1ccccc1. The highest BCUT2D eigenvalue weighted by molar-refractivity contribution is 5.79. The molecule has 1 aromatic rings. The van der Waals surface area contributed by atoms with Crippen LogP contribution in [0.4, 0.5) is 0 Å². The Morgan fingerprint density at radius 3 is 2.71 bits per heavy atom. The fraction of sp³-hybridized carbons (Fsp3) is 0.500. The summed E-state index contributed by atoms with van der Waals surface area (Å²) in [5, 5.41) is 4.08. The summed E-state index contributed by atoms with van der Waals surface area (Å²) in [6.45, 7) is 3.08. The van der Waals surface area contributed by atoms with Crippen molar-refractivity contribution in [2.24, 2.45) is 0 Å². The molecule has 1 atom stereocenters. The van der Waals surface area contributed by atoms with Crippen LogP contribution < -0.4 is 0 Å². The topological polar surface area (TPSA) is 23.6 Å². The van der Waals surface area contributed by atoms with Gasteiger partial charge < -0.3 is 0 Å². The van der Waals surface area contributed by atoms with E-state index in [4.69, 9.17) is 0 Å². The first-order chi connectivity index (χ1) is 10.3. The van der Waals surface area contributed by atoms with Crippen molar-refractivity contribution < 1.29 is 4.79 Å². The second-order valence-electron chi connectivity index (χ2n) is 5.98. The van der Waals surface area contributed by atoms with Gasteiger partial charge in [0.15, 0.2) is 0 Å². The third kappa shape index (κ3) is 2.88. The summed E-state index contributed by atoms with van der Waals surface area (Å²) < 4.78 is 0. The highest BCUT2D eigenvalue weighted by atomic mass is 16.2. The van der Waals surface area contributed by atoms with Crippen molar-refractivity contribution in [2.75, 3.05) is 6.54 Å². The molecule has 0 radical (unpaired) electrons. The average Bonchev–Trinajstić information content (AvgIpc) is 3.04. The Morgan fingerprint density at radius 1 is 1.14 bits per heavy atom. The lowest BCUT2D eigenvalue weighted by Gasteiger charge is -2.27. The second kappa shape index (κ2) is 6.44. The maximum Gasteiger partial charge on any atom is 0.242 e. The molecule has 3 rings (SSSR count). The van der Waals surface area contributed by atoms with Gasteiger partial charge in [-0.05, 0) is 24.0 Å². The van der Waals surface area contributed by atoms with Crippen molar-refractivity contribution in [2.45, 2.75) is 51.5 Å². The molecular formula is C18H24N2O.